The van der Waals surface area contributed by atoms with Crippen LogP contribution in [0.5, 0.6) is 0 Å². The standard InChI is InChI=1S/C29H38Cl2N4O2/c1-2-21(22-8-4-3-5-9-22)20-35-17-12-24(19-32-28(36)23-10-11-25(30)26(31)18-23)33-27(29(35)37)13-16-34-14-6-7-15-34/h3-5,8-11,18,21,24,27,33H,2,6-7,12-17,19-20H2,1H3,(H,32,36)/t21-,24-,27-/m1/s1. The molecular weight excluding hydrogens is 507 g/mol. The fourth-order valence-corrected chi connectivity index (χ4v) is 5.66. The lowest BCUT2D eigenvalue weighted by molar-refractivity contribution is -0.133. The zero-order valence-electron chi connectivity index (χ0n) is 21.6. The van der Waals surface area contributed by atoms with E-state index in [1.54, 1.807) is 18.2 Å². The zero-order valence-corrected chi connectivity index (χ0v) is 23.1. The molecule has 37 heavy (non-hydrogen) atoms. The Bertz CT molecular complexity index is 1050. The van der Waals surface area contributed by atoms with E-state index < -0.39 is 0 Å². The average molecular weight is 546 g/mol. The number of carbonyl (C=O) groups is 2. The average Bonchev–Trinajstić information content (AvgIpc) is 3.39. The molecule has 0 saturated carbocycles. The fraction of sp³-hybridized carbons (Fsp3) is 0.517. The van der Waals surface area contributed by atoms with Crippen molar-refractivity contribution < 1.29 is 9.59 Å². The molecule has 4 rings (SSSR count). The zero-order chi connectivity index (χ0) is 26.2. The Morgan fingerprint density at radius 2 is 1.84 bits per heavy atom. The Labute approximate surface area is 230 Å². The largest absolute Gasteiger partial charge is 0.350 e. The van der Waals surface area contributed by atoms with Gasteiger partial charge in [0, 0.05) is 43.7 Å². The molecule has 0 radical (unpaired) electrons. The Hall–Kier alpha value is -2.12. The topological polar surface area (TPSA) is 64.7 Å². The molecule has 2 aromatic rings. The van der Waals surface area contributed by atoms with E-state index in [1.807, 2.05) is 11.0 Å². The van der Waals surface area contributed by atoms with Gasteiger partial charge >= 0.3 is 0 Å². The third-order valence-electron chi connectivity index (χ3n) is 7.62. The van der Waals surface area contributed by atoms with Crippen molar-refractivity contribution in [3.8, 4) is 0 Å². The van der Waals surface area contributed by atoms with Crippen LogP contribution in [0.15, 0.2) is 48.5 Å². The van der Waals surface area contributed by atoms with Gasteiger partial charge < -0.3 is 20.4 Å². The van der Waals surface area contributed by atoms with Crippen LogP contribution in [0.1, 0.15) is 60.9 Å². The number of carbonyl (C=O) groups excluding carboxylic acids is 2. The summed E-state index contributed by atoms with van der Waals surface area (Å²) in [5.41, 5.74) is 1.74. The maximum atomic E-state index is 13.7. The van der Waals surface area contributed by atoms with Gasteiger partial charge in [0.15, 0.2) is 0 Å². The van der Waals surface area contributed by atoms with Crippen LogP contribution in [0.4, 0.5) is 0 Å². The van der Waals surface area contributed by atoms with Gasteiger partial charge in [-0.15, -0.1) is 0 Å². The molecule has 200 valence electrons. The lowest BCUT2D eigenvalue weighted by Gasteiger charge is -2.29. The van der Waals surface area contributed by atoms with Crippen LogP contribution in [0.25, 0.3) is 0 Å². The maximum absolute atomic E-state index is 13.7. The van der Waals surface area contributed by atoms with Gasteiger partial charge in [-0.2, -0.15) is 0 Å². The first kappa shape index (κ1) is 27.9. The summed E-state index contributed by atoms with van der Waals surface area (Å²) >= 11 is 12.1. The van der Waals surface area contributed by atoms with E-state index in [4.69, 9.17) is 23.2 Å². The molecule has 2 aromatic carbocycles. The molecule has 0 spiro atoms. The molecule has 2 amide bonds. The number of hydrogen-bond donors (Lipinski definition) is 2. The second-order valence-electron chi connectivity index (χ2n) is 10.2. The van der Waals surface area contributed by atoms with E-state index in [0.717, 1.165) is 38.9 Å². The highest BCUT2D eigenvalue weighted by Gasteiger charge is 2.32. The summed E-state index contributed by atoms with van der Waals surface area (Å²) in [5.74, 6) is 0.277. The minimum Gasteiger partial charge on any atom is -0.350 e. The van der Waals surface area contributed by atoms with Crippen LogP contribution in [0.2, 0.25) is 10.0 Å². The molecule has 2 N–H and O–H groups in total. The van der Waals surface area contributed by atoms with Crippen LogP contribution < -0.4 is 10.6 Å². The minimum absolute atomic E-state index is 0.000974. The molecular formula is C29H38Cl2N4O2. The van der Waals surface area contributed by atoms with Crippen LogP contribution in [0, 0.1) is 0 Å². The van der Waals surface area contributed by atoms with Crippen molar-refractivity contribution in [3.63, 3.8) is 0 Å². The number of halogens is 2. The summed E-state index contributed by atoms with van der Waals surface area (Å²) < 4.78 is 0. The fourth-order valence-electron chi connectivity index (χ4n) is 5.37. The predicted molar refractivity (Wildman–Crippen MR) is 150 cm³/mol. The third kappa shape index (κ3) is 7.70. The number of nitrogens with zero attached hydrogens (tertiary/aromatic N) is 2. The van der Waals surface area contributed by atoms with E-state index in [1.165, 1.54) is 18.4 Å². The molecule has 0 unspecified atom stereocenters. The number of likely N-dealkylation sites (tertiary alicyclic amines) is 1. The highest BCUT2D eigenvalue weighted by Crippen LogP contribution is 2.24. The molecule has 2 aliphatic rings. The van der Waals surface area contributed by atoms with E-state index >= 15 is 0 Å². The minimum atomic E-state index is -0.261. The number of nitrogens with one attached hydrogen (secondary N) is 2. The smallest absolute Gasteiger partial charge is 0.251 e. The molecule has 2 saturated heterocycles. The summed E-state index contributed by atoms with van der Waals surface area (Å²) in [5, 5.41) is 7.40. The second-order valence-corrected chi connectivity index (χ2v) is 11.0. The SMILES string of the molecule is CC[C@H](CN1CC[C@H](CNC(=O)c2ccc(Cl)c(Cl)c2)N[C@H](CCN2CCCC2)C1=O)c1ccccc1. The lowest BCUT2D eigenvalue weighted by atomic mass is 9.95. The lowest BCUT2D eigenvalue weighted by Crippen LogP contribution is -2.50. The quantitative estimate of drug-likeness (QED) is 0.443. The van der Waals surface area contributed by atoms with E-state index in [0.29, 0.717) is 41.2 Å². The van der Waals surface area contributed by atoms with E-state index in [2.05, 4.69) is 46.7 Å². The molecule has 2 heterocycles. The summed E-state index contributed by atoms with van der Waals surface area (Å²) in [6.45, 7) is 7.14. The van der Waals surface area contributed by atoms with Crippen LogP contribution >= 0.6 is 23.2 Å². The van der Waals surface area contributed by atoms with E-state index in [9.17, 15) is 9.59 Å². The molecule has 0 bridgehead atoms. The van der Waals surface area contributed by atoms with Crippen molar-refractivity contribution in [2.45, 2.75) is 57.0 Å². The Balaban J connectivity index is 1.43. The number of rotatable bonds is 10. The molecule has 8 heteroatoms. The van der Waals surface area contributed by atoms with Crippen molar-refractivity contribution >= 4 is 35.0 Å². The van der Waals surface area contributed by atoms with Crippen LogP contribution in [-0.2, 0) is 4.79 Å². The Morgan fingerprint density at radius 1 is 1.08 bits per heavy atom. The highest BCUT2D eigenvalue weighted by molar-refractivity contribution is 6.42. The summed E-state index contributed by atoms with van der Waals surface area (Å²) in [6.07, 6.45) is 4.99. The number of amides is 2. The number of benzene rings is 2. The van der Waals surface area contributed by atoms with Crippen LogP contribution in [0.3, 0.4) is 0 Å². The molecule has 3 atom stereocenters. The first-order valence-corrected chi connectivity index (χ1v) is 14.3. The van der Waals surface area contributed by atoms with Gasteiger partial charge in [0.25, 0.3) is 5.91 Å². The molecule has 0 aromatic heterocycles. The summed E-state index contributed by atoms with van der Waals surface area (Å²) in [7, 11) is 0. The normalized spacial score (nSPS) is 21.6. The third-order valence-corrected chi connectivity index (χ3v) is 8.36. The van der Waals surface area contributed by atoms with Gasteiger partial charge in [0.2, 0.25) is 5.91 Å². The first-order chi connectivity index (χ1) is 17.9. The van der Waals surface area contributed by atoms with Crippen molar-refractivity contribution in [1.82, 2.24) is 20.4 Å². The van der Waals surface area contributed by atoms with Gasteiger partial charge in [-0.3, -0.25) is 9.59 Å². The van der Waals surface area contributed by atoms with Crippen molar-refractivity contribution in [3.05, 3.63) is 69.7 Å². The summed E-state index contributed by atoms with van der Waals surface area (Å²) in [6, 6.07) is 15.1. The van der Waals surface area contributed by atoms with E-state index in [-0.39, 0.29) is 23.9 Å². The predicted octanol–water partition coefficient (Wildman–Crippen LogP) is 4.96. The highest BCUT2D eigenvalue weighted by atomic mass is 35.5. The van der Waals surface area contributed by atoms with Gasteiger partial charge in [-0.05, 0) is 69.0 Å². The molecule has 6 nitrogen and oxygen atoms in total. The Morgan fingerprint density at radius 3 is 2.54 bits per heavy atom. The van der Waals surface area contributed by atoms with Crippen LogP contribution in [-0.4, -0.2) is 73.0 Å². The van der Waals surface area contributed by atoms with Gasteiger partial charge in [-0.1, -0.05) is 60.5 Å². The van der Waals surface area contributed by atoms with Crippen molar-refractivity contribution in [2.24, 2.45) is 0 Å². The monoisotopic (exact) mass is 544 g/mol. The molecule has 2 aliphatic heterocycles. The number of hydrogen-bond acceptors (Lipinski definition) is 4. The Kier molecular flexibility index (Phi) is 10.3. The molecule has 2 fully saturated rings. The van der Waals surface area contributed by atoms with Crippen molar-refractivity contribution in [2.75, 3.05) is 39.3 Å². The van der Waals surface area contributed by atoms with Gasteiger partial charge in [0.05, 0.1) is 16.1 Å². The van der Waals surface area contributed by atoms with Gasteiger partial charge in [-0.25, -0.2) is 0 Å². The van der Waals surface area contributed by atoms with Crippen molar-refractivity contribution in [1.29, 1.82) is 0 Å². The summed E-state index contributed by atoms with van der Waals surface area (Å²) in [4.78, 5) is 31.0. The van der Waals surface area contributed by atoms with Gasteiger partial charge in [0.1, 0.15) is 0 Å². The first-order valence-electron chi connectivity index (χ1n) is 13.5. The maximum Gasteiger partial charge on any atom is 0.251 e. The second kappa shape index (κ2) is 13.6. The molecule has 0 aliphatic carbocycles.